The number of carboxylic acids is 1. The van der Waals surface area contributed by atoms with Crippen molar-refractivity contribution < 1.29 is 14.7 Å². The van der Waals surface area contributed by atoms with Crippen LogP contribution in [0.3, 0.4) is 0 Å². The van der Waals surface area contributed by atoms with Crippen LogP contribution in [0.1, 0.15) is 32.8 Å². The van der Waals surface area contributed by atoms with Crippen molar-refractivity contribution in [3.05, 3.63) is 28.2 Å². The third kappa shape index (κ3) is 5.38. The Kier molecular flexibility index (Phi) is 5.78. The molecule has 1 rings (SSSR count). The fourth-order valence-corrected chi connectivity index (χ4v) is 2.11. The average Bonchev–Trinajstić information content (AvgIpc) is 2.32. The minimum atomic E-state index is -0.920. The Bertz CT molecular complexity index is 538. The lowest BCUT2D eigenvalue weighted by molar-refractivity contribution is -0.137. The summed E-state index contributed by atoms with van der Waals surface area (Å²) in [5.74, 6) is -0.920. The van der Waals surface area contributed by atoms with E-state index in [4.69, 9.17) is 5.11 Å². The van der Waals surface area contributed by atoms with Gasteiger partial charge in [-0.3, -0.25) is 4.79 Å². The molecule has 0 saturated heterocycles. The topological polar surface area (TPSA) is 69.6 Å². The number of carbonyl (C=O) groups excluding carboxylic acids is 1. The highest BCUT2D eigenvalue weighted by Crippen LogP contribution is 2.21. The smallest absolute Gasteiger partial charge is 0.322 e. The summed E-state index contributed by atoms with van der Waals surface area (Å²) >= 11 is 3.41. The van der Waals surface area contributed by atoms with Gasteiger partial charge in [0.2, 0.25) is 0 Å². The van der Waals surface area contributed by atoms with Gasteiger partial charge in [-0.05, 0) is 51.5 Å². The molecular weight excluding hydrogens is 336 g/mol. The zero-order valence-corrected chi connectivity index (χ0v) is 14.3. The van der Waals surface area contributed by atoms with Gasteiger partial charge in [0, 0.05) is 22.2 Å². The van der Waals surface area contributed by atoms with E-state index in [1.807, 2.05) is 39.8 Å². The van der Waals surface area contributed by atoms with Gasteiger partial charge >= 0.3 is 12.0 Å². The van der Waals surface area contributed by atoms with Crippen LogP contribution < -0.4 is 5.32 Å². The molecule has 0 saturated carbocycles. The number of amides is 2. The van der Waals surface area contributed by atoms with Crippen molar-refractivity contribution in [3.8, 4) is 0 Å². The highest BCUT2D eigenvalue weighted by molar-refractivity contribution is 9.10. The number of nitrogens with one attached hydrogen (secondary N) is 1. The maximum absolute atomic E-state index is 12.4. The Morgan fingerprint density at radius 1 is 1.33 bits per heavy atom. The first-order valence-electron chi connectivity index (χ1n) is 6.68. The van der Waals surface area contributed by atoms with Crippen LogP contribution in [0.2, 0.25) is 0 Å². The number of halogens is 1. The number of aliphatic carboxylic acids is 1. The highest BCUT2D eigenvalue weighted by Gasteiger charge is 2.26. The largest absolute Gasteiger partial charge is 0.481 e. The van der Waals surface area contributed by atoms with E-state index >= 15 is 0 Å². The van der Waals surface area contributed by atoms with E-state index in [0.717, 1.165) is 10.0 Å². The molecular formula is C15H21BrN2O3. The number of hydrogen-bond donors (Lipinski definition) is 2. The summed E-state index contributed by atoms with van der Waals surface area (Å²) in [4.78, 5) is 24.6. The normalized spacial score (nSPS) is 11.1. The Hall–Kier alpha value is -1.56. The first-order chi connectivity index (χ1) is 9.61. The van der Waals surface area contributed by atoms with Gasteiger partial charge < -0.3 is 15.3 Å². The Morgan fingerprint density at radius 2 is 1.95 bits per heavy atom. The number of rotatable bonds is 4. The molecule has 0 aliphatic heterocycles. The molecule has 0 unspecified atom stereocenters. The molecule has 2 amide bonds. The summed E-state index contributed by atoms with van der Waals surface area (Å²) in [5.41, 5.74) is 1.25. The minimum absolute atomic E-state index is 0.0793. The van der Waals surface area contributed by atoms with Crippen molar-refractivity contribution in [2.45, 2.75) is 39.7 Å². The maximum Gasteiger partial charge on any atom is 0.322 e. The molecule has 0 fully saturated rings. The summed E-state index contributed by atoms with van der Waals surface area (Å²) in [5, 5.41) is 11.6. The lowest BCUT2D eigenvalue weighted by Gasteiger charge is -2.35. The third-order valence-corrected chi connectivity index (χ3v) is 3.90. The van der Waals surface area contributed by atoms with Crippen LogP contribution >= 0.6 is 15.9 Å². The standard InChI is InChI=1S/C15H21BrN2O3/c1-10-9-11(5-6-12(10)16)17-14(21)18(15(2,3)4)8-7-13(19)20/h5-6,9H,7-8H2,1-4H3,(H,17,21)(H,19,20). The molecule has 5 nitrogen and oxygen atoms in total. The zero-order valence-electron chi connectivity index (χ0n) is 12.7. The lowest BCUT2D eigenvalue weighted by atomic mass is 10.1. The van der Waals surface area contributed by atoms with E-state index in [1.165, 1.54) is 4.90 Å². The van der Waals surface area contributed by atoms with Gasteiger partial charge in [-0.2, -0.15) is 0 Å². The summed E-state index contributed by atoms with van der Waals surface area (Å²) in [7, 11) is 0. The van der Waals surface area contributed by atoms with E-state index in [1.54, 1.807) is 6.07 Å². The molecule has 1 aromatic carbocycles. The number of benzene rings is 1. The second kappa shape index (κ2) is 6.93. The first-order valence-corrected chi connectivity index (χ1v) is 7.47. The van der Waals surface area contributed by atoms with Gasteiger partial charge in [-0.15, -0.1) is 0 Å². The second-order valence-corrected chi connectivity index (χ2v) is 6.71. The molecule has 0 aliphatic carbocycles. The average molecular weight is 357 g/mol. The molecule has 0 radical (unpaired) electrons. The molecule has 0 heterocycles. The number of carbonyl (C=O) groups is 2. The molecule has 0 atom stereocenters. The summed E-state index contributed by atoms with van der Waals surface area (Å²) in [6, 6.07) is 5.22. The number of nitrogens with zero attached hydrogens (tertiary/aromatic N) is 1. The molecule has 6 heteroatoms. The second-order valence-electron chi connectivity index (χ2n) is 5.86. The van der Waals surface area contributed by atoms with Crippen LogP contribution in [0.25, 0.3) is 0 Å². The minimum Gasteiger partial charge on any atom is -0.481 e. The number of anilines is 1. The molecule has 0 aromatic heterocycles. The molecule has 0 aliphatic rings. The number of aryl methyl sites for hydroxylation is 1. The molecule has 0 spiro atoms. The van der Waals surface area contributed by atoms with Gasteiger partial charge in [0.05, 0.1) is 6.42 Å². The quantitative estimate of drug-likeness (QED) is 0.860. The maximum atomic E-state index is 12.4. The van der Waals surface area contributed by atoms with Crippen molar-refractivity contribution >= 4 is 33.6 Å². The van der Waals surface area contributed by atoms with E-state index in [9.17, 15) is 9.59 Å². The number of carboxylic acid groups (broad SMARTS) is 1. The summed E-state index contributed by atoms with van der Waals surface area (Å²) in [6.45, 7) is 7.73. The Balaban J connectivity index is 2.85. The van der Waals surface area contributed by atoms with Gasteiger partial charge in [-0.1, -0.05) is 15.9 Å². The summed E-state index contributed by atoms with van der Waals surface area (Å²) < 4.78 is 0.971. The van der Waals surface area contributed by atoms with E-state index in [-0.39, 0.29) is 19.0 Å². The first kappa shape index (κ1) is 17.5. The van der Waals surface area contributed by atoms with Crippen LogP contribution in [0.5, 0.6) is 0 Å². The molecule has 21 heavy (non-hydrogen) atoms. The van der Waals surface area contributed by atoms with Crippen molar-refractivity contribution in [3.63, 3.8) is 0 Å². The lowest BCUT2D eigenvalue weighted by Crippen LogP contribution is -2.48. The van der Waals surface area contributed by atoms with E-state index in [0.29, 0.717) is 5.69 Å². The fraction of sp³-hybridized carbons (Fsp3) is 0.467. The van der Waals surface area contributed by atoms with E-state index in [2.05, 4.69) is 21.2 Å². The zero-order chi connectivity index (χ0) is 16.2. The van der Waals surface area contributed by atoms with Gasteiger partial charge in [-0.25, -0.2) is 4.79 Å². The predicted octanol–water partition coefficient (Wildman–Crippen LogP) is 3.86. The SMILES string of the molecule is Cc1cc(NC(=O)N(CCC(=O)O)C(C)(C)C)ccc1Br. The Labute approximate surface area is 133 Å². The molecule has 0 bridgehead atoms. The van der Waals surface area contributed by atoms with Crippen LogP contribution in [0, 0.1) is 6.92 Å². The monoisotopic (exact) mass is 356 g/mol. The van der Waals surface area contributed by atoms with Crippen LogP contribution in [-0.2, 0) is 4.79 Å². The number of hydrogen-bond acceptors (Lipinski definition) is 2. The van der Waals surface area contributed by atoms with Crippen molar-refractivity contribution in [2.24, 2.45) is 0 Å². The van der Waals surface area contributed by atoms with Gasteiger partial charge in [0.15, 0.2) is 0 Å². The van der Waals surface area contributed by atoms with Crippen LogP contribution in [-0.4, -0.2) is 34.1 Å². The fourth-order valence-electron chi connectivity index (χ4n) is 1.86. The molecule has 1 aromatic rings. The predicted molar refractivity (Wildman–Crippen MR) is 86.6 cm³/mol. The van der Waals surface area contributed by atoms with Crippen molar-refractivity contribution in [1.29, 1.82) is 0 Å². The summed E-state index contributed by atoms with van der Waals surface area (Å²) in [6.07, 6.45) is -0.0793. The van der Waals surface area contributed by atoms with Gasteiger partial charge in [0.25, 0.3) is 0 Å². The third-order valence-electron chi connectivity index (χ3n) is 3.01. The van der Waals surface area contributed by atoms with E-state index < -0.39 is 11.5 Å². The molecule has 2 N–H and O–H groups in total. The van der Waals surface area contributed by atoms with Crippen LogP contribution in [0.4, 0.5) is 10.5 Å². The Morgan fingerprint density at radius 3 is 2.43 bits per heavy atom. The number of urea groups is 1. The van der Waals surface area contributed by atoms with Crippen molar-refractivity contribution in [2.75, 3.05) is 11.9 Å². The van der Waals surface area contributed by atoms with Gasteiger partial charge in [0.1, 0.15) is 0 Å². The van der Waals surface area contributed by atoms with Crippen LogP contribution in [0.15, 0.2) is 22.7 Å². The highest BCUT2D eigenvalue weighted by atomic mass is 79.9. The van der Waals surface area contributed by atoms with Crippen molar-refractivity contribution in [1.82, 2.24) is 4.90 Å². The molecule has 116 valence electrons.